The van der Waals surface area contributed by atoms with Crippen molar-refractivity contribution in [3.63, 3.8) is 0 Å². The van der Waals surface area contributed by atoms with Crippen LogP contribution in [0.4, 0.5) is 4.39 Å². The van der Waals surface area contributed by atoms with E-state index in [9.17, 15) is 12.8 Å². The topological polar surface area (TPSA) is 66.4 Å². The molecule has 1 aliphatic rings. The van der Waals surface area contributed by atoms with E-state index in [-0.39, 0.29) is 5.56 Å². The molecular weight excluding hydrogens is 349 g/mol. The van der Waals surface area contributed by atoms with Gasteiger partial charge < -0.3 is 5.11 Å². The average Bonchev–Trinajstić information content (AvgIpc) is 2.77. The predicted molar refractivity (Wildman–Crippen MR) is 77.2 cm³/mol. The fourth-order valence-electron chi connectivity index (χ4n) is 2.57. The molecule has 0 heterocycles. The fourth-order valence-corrected chi connectivity index (χ4v) is 4.83. The van der Waals surface area contributed by atoms with Gasteiger partial charge in [-0.3, -0.25) is 0 Å². The first-order valence-electron chi connectivity index (χ1n) is 6.40. The predicted octanol–water partition coefficient (Wildman–Crippen LogP) is 2.69. The highest BCUT2D eigenvalue weighted by atomic mass is 79.9. The molecule has 0 saturated heterocycles. The lowest BCUT2D eigenvalue weighted by atomic mass is 10.0. The van der Waals surface area contributed by atoms with Gasteiger partial charge >= 0.3 is 0 Å². The lowest BCUT2D eigenvalue weighted by Crippen LogP contribution is -2.43. The number of hydrogen-bond donors (Lipinski definition) is 2. The van der Waals surface area contributed by atoms with Gasteiger partial charge in [-0.25, -0.2) is 17.5 Å². The Bertz CT molecular complexity index is 612. The standard InChI is InChI=1S/C13H17BrFNO3S/c1-13(4-2-3-5-13)16-20(18,19)11-7-10(14)6-9(8-17)12(11)15/h6-7,16-17H,2-5,8H2,1H3. The summed E-state index contributed by atoms with van der Waals surface area (Å²) in [5, 5.41) is 9.09. The second kappa shape index (κ2) is 5.71. The number of rotatable bonds is 4. The summed E-state index contributed by atoms with van der Waals surface area (Å²) >= 11 is 3.14. The zero-order valence-electron chi connectivity index (χ0n) is 11.1. The van der Waals surface area contributed by atoms with Gasteiger partial charge in [0.05, 0.1) is 6.61 Å². The lowest BCUT2D eigenvalue weighted by Gasteiger charge is -2.25. The van der Waals surface area contributed by atoms with Crippen LogP contribution in [-0.2, 0) is 16.6 Å². The molecule has 4 nitrogen and oxygen atoms in total. The van der Waals surface area contributed by atoms with Crippen molar-refractivity contribution in [2.24, 2.45) is 0 Å². The number of sulfonamides is 1. The minimum atomic E-state index is -3.95. The van der Waals surface area contributed by atoms with E-state index in [0.717, 1.165) is 25.7 Å². The Kier molecular flexibility index (Phi) is 4.53. The molecule has 1 fully saturated rings. The lowest BCUT2D eigenvalue weighted by molar-refractivity contribution is 0.274. The molecule has 0 unspecified atom stereocenters. The molecule has 0 bridgehead atoms. The maximum atomic E-state index is 14.1. The van der Waals surface area contributed by atoms with Gasteiger partial charge in [0.15, 0.2) is 0 Å². The molecule has 0 radical (unpaired) electrons. The molecule has 2 rings (SSSR count). The number of benzene rings is 1. The molecule has 0 atom stereocenters. The molecule has 1 saturated carbocycles. The molecule has 1 aliphatic carbocycles. The highest BCUT2D eigenvalue weighted by molar-refractivity contribution is 9.10. The summed E-state index contributed by atoms with van der Waals surface area (Å²) in [4.78, 5) is -0.427. The van der Waals surface area contributed by atoms with E-state index in [2.05, 4.69) is 20.7 Å². The zero-order chi connectivity index (χ0) is 15.0. The number of hydrogen-bond acceptors (Lipinski definition) is 3. The molecule has 0 aromatic heterocycles. The second-order valence-electron chi connectivity index (χ2n) is 5.41. The maximum Gasteiger partial charge on any atom is 0.244 e. The van der Waals surface area contributed by atoms with Gasteiger partial charge in [0.2, 0.25) is 10.0 Å². The van der Waals surface area contributed by atoms with E-state index in [1.807, 2.05) is 6.92 Å². The normalized spacial score (nSPS) is 18.4. The Labute approximate surface area is 126 Å². The third-order valence-electron chi connectivity index (χ3n) is 3.63. The number of nitrogens with one attached hydrogen (secondary N) is 1. The Morgan fingerprint density at radius 3 is 2.55 bits per heavy atom. The Morgan fingerprint density at radius 2 is 2.00 bits per heavy atom. The highest BCUT2D eigenvalue weighted by Crippen LogP contribution is 2.32. The molecule has 0 spiro atoms. The molecule has 0 aliphatic heterocycles. The van der Waals surface area contributed by atoms with Crippen LogP contribution in [-0.4, -0.2) is 19.1 Å². The van der Waals surface area contributed by atoms with E-state index < -0.39 is 32.9 Å². The minimum Gasteiger partial charge on any atom is -0.392 e. The average molecular weight is 366 g/mol. The third kappa shape index (κ3) is 3.21. The Hall–Kier alpha value is -0.500. The van der Waals surface area contributed by atoms with Gasteiger partial charge in [0.25, 0.3) is 0 Å². The van der Waals surface area contributed by atoms with Gasteiger partial charge in [0, 0.05) is 15.6 Å². The van der Waals surface area contributed by atoms with Crippen LogP contribution in [0.1, 0.15) is 38.2 Å². The van der Waals surface area contributed by atoms with Gasteiger partial charge in [0.1, 0.15) is 10.7 Å². The summed E-state index contributed by atoms with van der Waals surface area (Å²) in [6.45, 7) is 1.28. The maximum absolute atomic E-state index is 14.1. The van der Waals surface area contributed by atoms with Gasteiger partial charge in [-0.1, -0.05) is 28.8 Å². The minimum absolute atomic E-state index is 0.0451. The van der Waals surface area contributed by atoms with Gasteiger partial charge in [-0.2, -0.15) is 0 Å². The van der Waals surface area contributed by atoms with Crippen LogP contribution in [0.5, 0.6) is 0 Å². The van der Waals surface area contributed by atoms with E-state index in [4.69, 9.17) is 5.11 Å². The van der Waals surface area contributed by atoms with Crippen LogP contribution in [0.15, 0.2) is 21.5 Å². The van der Waals surface area contributed by atoms with E-state index in [1.165, 1.54) is 12.1 Å². The van der Waals surface area contributed by atoms with E-state index >= 15 is 0 Å². The highest BCUT2D eigenvalue weighted by Gasteiger charge is 2.35. The summed E-state index contributed by atoms with van der Waals surface area (Å²) in [6, 6.07) is 2.58. The number of halogens is 2. The van der Waals surface area contributed by atoms with Crippen molar-refractivity contribution in [2.75, 3.05) is 0 Å². The fraction of sp³-hybridized carbons (Fsp3) is 0.538. The van der Waals surface area contributed by atoms with Crippen LogP contribution >= 0.6 is 15.9 Å². The van der Waals surface area contributed by atoms with Crippen molar-refractivity contribution >= 4 is 26.0 Å². The first kappa shape index (κ1) is 15.9. The van der Waals surface area contributed by atoms with Crippen LogP contribution in [0.25, 0.3) is 0 Å². The smallest absolute Gasteiger partial charge is 0.244 e. The number of aliphatic hydroxyl groups is 1. The summed E-state index contributed by atoms with van der Waals surface area (Å²) < 4.78 is 41.9. The van der Waals surface area contributed by atoms with Crippen LogP contribution < -0.4 is 4.72 Å². The van der Waals surface area contributed by atoms with Crippen LogP contribution in [0.2, 0.25) is 0 Å². The van der Waals surface area contributed by atoms with Crippen molar-refractivity contribution < 1.29 is 17.9 Å². The Morgan fingerprint density at radius 1 is 1.40 bits per heavy atom. The summed E-state index contributed by atoms with van der Waals surface area (Å²) in [7, 11) is -3.95. The second-order valence-corrected chi connectivity index (χ2v) is 7.97. The molecule has 7 heteroatoms. The zero-order valence-corrected chi connectivity index (χ0v) is 13.5. The molecule has 20 heavy (non-hydrogen) atoms. The Balaban J connectivity index is 2.41. The van der Waals surface area contributed by atoms with Crippen LogP contribution in [0.3, 0.4) is 0 Å². The summed E-state index contributed by atoms with van der Waals surface area (Å²) in [6.07, 6.45) is 3.41. The van der Waals surface area contributed by atoms with Gasteiger partial charge in [-0.05, 0) is 31.9 Å². The SMILES string of the molecule is CC1(NS(=O)(=O)c2cc(Br)cc(CO)c2F)CCCC1. The van der Waals surface area contributed by atoms with Crippen molar-refractivity contribution in [1.82, 2.24) is 4.72 Å². The van der Waals surface area contributed by atoms with Crippen molar-refractivity contribution in [2.45, 2.75) is 49.6 Å². The molecule has 112 valence electrons. The van der Waals surface area contributed by atoms with Crippen molar-refractivity contribution in [3.8, 4) is 0 Å². The van der Waals surface area contributed by atoms with Crippen molar-refractivity contribution in [1.29, 1.82) is 0 Å². The summed E-state index contributed by atoms with van der Waals surface area (Å²) in [5.74, 6) is -0.898. The van der Waals surface area contributed by atoms with Crippen LogP contribution in [0, 0.1) is 5.82 Å². The van der Waals surface area contributed by atoms with E-state index in [0.29, 0.717) is 4.47 Å². The van der Waals surface area contributed by atoms with Crippen molar-refractivity contribution in [3.05, 3.63) is 28.0 Å². The largest absolute Gasteiger partial charge is 0.392 e. The van der Waals surface area contributed by atoms with E-state index in [1.54, 1.807) is 0 Å². The molecular formula is C13H17BrFNO3S. The molecule has 0 amide bonds. The quantitative estimate of drug-likeness (QED) is 0.861. The first-order chi connectivity index (χ1) is 9.27. The third-order valence-corrected chi connectivity index (χ3v) is 5.72. The molecule has 1 aromatic carbocycles. The summed E-state index contributed by atoms with van der Waals surface area (Å²) in [5.41, 5.74) is -0.566. The molecule has 2 N–H and O–H groups in total. The first-order valence-corrected chi connectivity index (χ1v) is 8.68. The monoisotopic (exact) mass is 365 g/mol. The number of aliphatic hydroxyl groups excluding tert-OH is 1. The van der Waals surface area contributed by atoms with Gasteiger partial charge in [-0.15, -0.1) is 0 Å². The molecule has 1 aromatic rings.